The van der Waals surface area contributed by atoms with Gasteiger partial charge in [-0.1, -0.05) is 0 Å². The van der Waals surface area contributed by atoms with Crippen molar-refractivity contribution in [3.63, 3.8) is 0 Å². The van der Waals surface area contributed by atoms with E-state index in [-0.39, 0.29) is 5.03 Å². The van der Waals surface area contributed by atoms with Gasteiger partial charge in [0.1, 0.15) is 5.54 Å². The summed E-state index contributed by atoms with van der Waals surface area (Å²) in [5.41, 5.74) is -1.32. The van der Waals surface area contributed by atoms with E-state index in [1.54, 1.807) is 0 Å². The zero-order valence-corrected chi connectivity index (χ0v) is 9.36. The monoisotopic (exact) mass is 245 g/mol. The number of aromatic nitrogens is 2. The second-order valence-electron chi connectivity index (χ2n) is 3.79. The number of hydrogen-bond donors (Lipinski definition) is 2. The highest BCUT2D eigenvalue weighted by Gasteiger charge is 2.53. The standard InChI is InChI=1S/C8H11N3O4S/c1-11-6(2-5-9-11)16(14,15)10-8(3-4-8)7(12)13/h2,5,10H,3-4H2,1H3,(H,12,13). The van der Waals surface area contributed by atoms with Crippen molar-refractivity contribution >= 4 is 16.0 Å². The summed E-state index contributed by atoms with van der Waals surface area (Å²) in [5, 5.41) is 12.6. The number of carboxylic acids is 1. The Kier molecular flexibility index (Phi) is 2.28. The summed E-state index contributed by atoms with van der Waals surface area (Å²) in [4.78, 5) is 10.9. The number of hydrogen-bond acceptors (Lipinski definition) is 4. The van der Waals surface area contributed by atoms with Crippen molar-refractivity contribution in [3.8, 4) is 0 Å². The van der Waals surface area contributed by atoms with Gasteiger partial charge in [0.05, 0.1) is 6.20 Å². The summed E-state index contributed by atoms with van der Waals surface area (Å²) in [7, 11) is -2.34. The molecule has 88 valence electrons. The second-order valence-corrected chi connectivity index (χ2v) is 5.42. The van der Waals surface area contributed by atoms with Gasteiger partial charge in [-0.3, -0.25) is 9.48 Å². The molecule has 2 N–H and O–H groups in total. The minimum atomic E-state index is -3.82. The smallest absolute Gasteiger partial charge is 0.324 e. The summed E-state index contributed by atoms with van der Waals surface area (Å²) >= 11 is 0. The lowest BCUT2D eigenvalue weighted by molar-refractivity contribution is -0.140. The van der Waals surface area contributed by atoms with Gasteiger partial charge in [0.25, 0.3) is 10.0 Å². The van der Waals surface area contributed by atoms with E-state index >= 15 is 0 Å². The summed E-state index contributed by atoms with van der Waals surface area (Å²) in [6, 6.07) is 1.32. The SMILES string of the molecule is Cn1nccc1S(=O)(=O)NC1(C(=O)O)CC1. The van der Waals surface area contributed by atoms with Crippen LogP contribution in [-0.4, -0.2) is 34.8 Å². The van der Waals surface area contributed by atoms with Crippen LogP contribution in [0.5, 0.6) is 0 Å². The van der Waals surface area contributed by atoms with E-state index in [4.69, 9.17) is 5.11 Å². The van der Waals surface area contributed by atoms with Gasteiger partial charge >= 0.3 is 5.97 Å². The van der Waals surface area contributed by atoms with Crippen molar-refractivity contribution in [2.24, 2.45) is 7.05 Å². The molecular formula is C8H11N3O4S. The molecule has 0 radical (unpaired) electrons. The Bertz CT molecular complexity index is 529. The molecule has 0 aromatic carbocycles. The maximum absolute atomic E-state index is 11.8. The van der Waals surface area contributed by atoms with E-state index in [1.165, 1.54) is 24.0 Å². The number of rotatable bonds is 4. The van der Waals surface area contributed by atoms with E-state index in [1.807, 2.05) is 0 Å². The summed E-state index contributed by atoms with van der Waals surface area (Å²) in [5.74, 6) is -1.14. The van der Waals surface area contributed by atoms with Gasteiger partial charge in [-0.05, 0) is 18.9 Å². The Morgan fingerprint density at radius 3 is 2.62 bits per heavy atom. The zero-order chi connectivity index (χ0) is 12.0. The Labute approximate surface area is 92.1 Å². The molecule has 1 heterocycles. The van der Waals surface area contributed by atoms with Crippen LogP contribution < -0.4 is 4.72 Å². The van der Waals surface area contributed by atoms with Crippen LogP contribution in [0, 0.1) is 0 Å². The molecule has 1 aliphatic carbocycles. The van der Waals surface area contributed by atoms with E-state index in [0.717, 1.165) is 0 Å². The van der Waals surface area contributed by atoms with Gasteiger partial charge in [0.2, 0.25) is 0 Å². The zero-order valence-electron chi connectivity index (χ0n) is 8.54. The van der Waals surface area contributed by atoms with E-state index in [2.05, 4.69) is 9.82 Å². The predicted octanol–water partition coefficient (Wildman–Crippen LogP) is -0.684. The van der Waals surface area contributed by atoms with Gasteiger partial charge in [0.15, 0.2) is 5.03 Å². The van der Waals surface area contributed by atoms with Crippen LogP contribution in [0.15, 0.2) is 17.3 Å². The molecule has 0 saturated heterocycles. The first-order chi connectivity index (χ1) is 7.37. The molecule has 0 unspecified atom stereocenters. The minimum absolute atomic E-state index is 0.0416. The lowest BCUT2D eigenvalue weighted by atomic mass is 10.3. The molecule has 1 fully saturated rings. The lowest BCUT2D eigenvalue weighted by Gasteiger charge is -2.12. The van der Waals surface area contributed by atoms with E-state index in [0.29, 0.717) is 12.8 Å². The Morgan fingerprint density at radius 2 is 2.25 bits per heavy atom. The Morgan fingerprint density at radius 1 is 1.62 bits per heavy atom. The summed E-state index contributed by atoms with van der Waals surface area (Å²) in [6.07, 6.45) is 1.98. The quantitative estimate of drug-likeness (QED) is 0.731. The van der Waals surface area contributed by atoms with Crippen molar-refractivity contribution in [3.05, 3.63) is 12.3 Å². The van der Waals surface area contributed by atoms with Crippen molar-refractivity contribution in [2.75, 3.05) is 0 Å². The van der Waals surface area contributed by atoms with Gasteiger partial charge in [0, 0.05) is 7.05 Å². The number of nitrogens with zero attached hydrogens (tertiary/aromatic N) is 2. The Hall–Kier alpha value is -1.41. The topological polar surface area (TPSA) is 101 Å². The third kappa shape index (κ3) is 1.69. The van der Waals surface area contributed by atoms with Crippen LogP contribution in [0.1, 0.15) is 12.8 Å². The predicted molar refractivity (Wildman–Crippen MR) is 53.1 cm³/mol. The van der Waals surface area contributed by atoms with Gasteiger partial charge in [-0.15, -0.1) is 0 Å². The molecule has 7 nitrogen and oxygen atoms in total. The molecule has 1 aliphatic rings. The minimum Gasteiger partial charge on any atom is -0.480 e. The Balaban J connectivity index is 2.29. The van der Waals surface area contributed by atoms with E-state index < -0.39 is 21.5 Å². The van der Waals surface area contributed by atoms with Crippen LogP contribution in [0.2, 0.25) is 0 Å². The molecule has 8 heteroatoms. The van der Waals surface area contributed by atoms with Gasteiger partial charge < -0.3 is 5.11 Å². The van der Waals surface area contributed by atoms with Crippen LogP contribution in [0.3, 0.4) is 0 Å². The van der Waals surface area contributed by atoms with Crippen LogP contribution in [0.4, 0.5) is 0 Å². The number of nitrogens with one attached hydrogen (secondary N) is 1. The van der Waals surface area contributed by atoms with Crippen molar-refractivity contribution in [1.29, 1.82) is 0 Å². The number of carbonyl (C=O) groups is 1. The largest absolute Gasteiger partial charge is 0.480 e. The molecule has 2 rings (SSSR count). The van der Waals surface area contributed by atoms with E-state index in [9.17, 15) is 13.2 Å². The maximum Gasteiger partial charge on any atom is 0.324 e. The van der Waals surface area contributed by atoms with Crippen LogP contribution in [0.25, 0.3) is 0 Å². The summed E-state index contributed by atoms with van der Waals surface area (Å²) < 4.78 is 27.1. The first-order valence-corrected chi connectivity index (χ1v) is 6.11. The highest BCUT2D eigenvalue weighted by Crippen LogP contribution is 2.36. The van der Waals surface area contributed by atoms with Crippen molar-refractivity contribution in [2.45, 2.75) is 23.4 Å². The molecule has 0 aliphatic heterocycles. The first kappa shape index (κ1) is 11.1. The average molecular weight is 245 g/mol. The molecule has 1 saturated carbocycles. The molecule has 0 spiro atoms. The molecular weight excluding hydrogens is 234 g/mol. The second kappa shape index (κ2) is 3.29. The number of aryl methyl sites for hydroxylation is 1. The maximum atomic E-state index is 11.8. The molecule has 16 heavy (non-hydrogen) atoms. The first-order valence-electron chi connectivity index (χ1n) is 4.63. The number of sulfonamides is 1. The van der Waals surface area contributed by atoms with Gasteiger partial charge in [-0.25, -0.2) is 8.42 Å². The number of aliphatic carboxylic acids is 1. The highest BCUT2D eigenvalue weighted by atomic mass is 32.2. The fourth-order valence-corrected chi connectivity index (χ4v) is 2.96. The average Bonchev–Trinajstić information content (AvgIpc) is 2.79. The van der Waals surface area contributed by atoms with Gasteiger partial charge in [-0.2, -0.15) is 9.82 Å². The number of carboxylic acid groups (broad SMARTS) is 1. The third-order valence-electron chi connectivity index (χ3n) is 2.54. The third-order valence-corrected chi connectivity index (χ3v) is 4.15. The molecule has 1 aromatic heterocycles. The van der Waals surface area contributed by atoms with Crippen molar-refractivity contribution < 1.29 is 18.3 Å². The van der Waals surface area contributed by atoms with Crippen molar-refractivity contribution in [1.82, 2.24) is 14.5 Å². The molecule has 0 atom stereocenters. The molecule has 0 bridgehead atoms. The highest BCUT2D eigenvalue weighted by molar-refractivity contribution is 7.89. The molecule has 0 amide bonds. The fraction of sp³-hybridized carbons (Fsp3) is 0.500. The summed E-state index contributed by atoms with van der Waals surface area (Å²) in [6.45, 7) is 0. The lowest BCUT2D eigenvalue weighted by Crippen LogP contribution is -2.43. The fourth-order valence-electron chi connectivity index (χ4n) is 1.42. The van der Waals surface area contributed by atoms with Crippen LogP contribution >= 0.6 is 0 Å². The molecule has 1 aromatic rings. The normalized spacial score (nSPS) is 18.3. The van der Waals surface area contributed by atoms with Crippen LogP contribution in [-0.2, 0) is 21.9 Å².